The smallest absolute Gasteiger partial charge is 0.269 e. The number of carbonyl (C=O) groups excluding carboxylic acids is 1. The molecule has 0 atom stereocenters. The van der Waals surface area contributed by atoms with Gasteiger partial charge in [-0.2, -0.15) is 5.10 Å². The van der Waals surface area contributed by atoms with Gasteiger partial charge in [0.25, 0.3) is 11.2 Å². The summed E-state index contributed by atoms with van der Waals surface area (Å²) in [5.74, 6) is -0.437. The average Bonchev–Trinajstić information content (AvgIpc) is 2.63. The van der Waals surface area contributed by atoms with Crippen LogP contribution >= 0.6 is 11.6 Å². The van der Waals surface area contributed by atoms with E-state index in [-0.39, 0.29) is 12.2 Å². The van der Waals surface area contributed by atoms with Crippen LogP contribution in [-0.2, 0) is 11.3 Å². The summed E-state index contributed by atoms with van der Waals surface area (Å²) in [4.78, 5) is 34.4. The van der Waals surface area contributed by atoms with Crippen LogP contribution < -0.4 is 10.9 Å². The third kappa shape index (κ3) is 4.56. The van der Waals surface area contributed by atoms with Gasteiger partial charge in [0.2, 0.25) is 5.91 Å². The molecule has 2 aromatic carbocycles. The van der Waals surface area contributed by atoms with E-state index in [2.05, 4.69) is 10.4 Å². The highest BCUT2D eigenvalue weighted by atomic mass is 35.5. The molecular formula is C18H13ClN4O4. The maximum atomic E-state index is 12.2. The van der Waals surface area contributed by atoms with Gasteiger partial charge in [0.15, 0.2) is 0 Å². The van der Waals surface area contributed by atoms with Gasteiger partial charge in [0.1, 0.15) is 6.54 Å². The Morgan fingerprint density at radius 1 is 1.15 bits per heavy atom. The first-order valence-corrected chi connectivity index (χ1v) is 8.18. The molecule has 0 radical (unpaired) electrons. The first-order chi connectivity index (χ1) is 12.9. The van der Waals surface area contributed by atoms with E-state index in [1.165, 1.54) is 36.4 Å². The molecule has 3 rings (SSSR count). The van der Waals surface area contributed by atoms with Gasteiger partial charge in [-0.1, -0.05) is 17.7 Å². The molecule has 9 heteroatoms. The SMILES string of the molecule is O=C(Cn1nc(-c2ccc([N+](=O)[O-])cc2)ccc1=O)Nc1cccc(Cl)c1. The van der Waals surface area contributed by atoms with E-state index < -0.39 is 16.4 Å². The largest absolute Gasteiger partial charge is 0.324 e. The Morgan fingerprint density at radius 3 is 2.56 bits per heavy atom. The number of anilines is 1. The van der Waals surface area contributed by atoms with E-state index in [0.29, 0.717) is 22.0 Å². The van der Waals surface area contributed by atoms with E-state index >= 15 is 0 Å². The van der Waals surface area contributed by atoms with Gasteiger partial charge >= 0.3 is 0 Å². The van der Waals surface area contributed by atoms with Crippen molar-refractivity contribution in [3.8, 4) is 11.3 Å². The zero-order chi connectivity index (χ0) is 19.4. The second-order valence-electron chi connectivity index (χ2n) is 5.58. The summed E-state index contributed by atoms with van der Waals surface area (Å²) in [6.45, 7) is -0.286. The number of nitro groups is 1. The highest BCUT2D eigenvalue weighted by Crippen LogP contribution is 2.19. The van der Waals surface area contributed by atoms with Gasteiger partial charge in [-0.3, -0.25) is 19.7 Å². The number of benzene rings is 2. The molecule has 1 N–H and O–H groups in total. The molecule has 1 aromatic heterocycles. The van der Waals surface area contributed by atoms with Crippen molar-refractivity contribution in [2.45, 2.75) is 6.54 Å². The van der Waals surface area contributed by atoms with E-state index in [1.54, 1.807) is 24.3 Å². The number of nitrogens with zero attached hydrogens (tertiary/aromatic N) is 3. The van der Waals surface area contributed by atoms with Crippen molar-refractivity contribution in [3.63, 3.8) is 0 Å². The second kappa shape index (κ2) is 7.79. The molecule has 0 saturated heterocycles. The van der Waals surface area contributed by atoms with E-state index in [0.717, 1.165) is 4.68 Å². The van der Waals surface area contributed by atoms with Crippen LogP contribution in [0.3, 0.4) is 0 Å². The molecule has 27 heavy (non-hydrogen) atoms. The van der Waals surface area contributed by atoms with Crippen LogP contribution in [0.15, 0.2) is 65.5 Å². The number of aromatic nitrogens is 2. The predicted octanol–water partition coefficient (Wildman–Crippen LogP) is 3.11. The van der Waals surface area contributed by atoms with Crippen LogP contribution in [0.1, 0.15) is 0 Å². The third-order valence-electron chi connectivity index (χ3n) is 3.64. The van der Waals surface area contributed by atoms with Crippen molar-refractivity contribution in [2.75, 3.05) is 5.32 Å². The lowest BCUT2D eigenvalue weighted by Gasteiger charge is -2.08. The second-order valence-corrected chi connectivity index (χ2v) is 6.01. The first kappa shape index (κ1) is 18.3. The fourth-order valence-corrected chi connectivity index (χ4v) is 2.56. The Labute approximate surface area is 158 Å². The van der Waals surface area contributed by atoms with Crippen LogP contribution in [0.5, 0.6) is 0 Å². The summed E-state index contributed by atoms with van der Waals surface area (Å²) < 4.78 is 1.02. The van der Waals surface area contributed by atoms with Crippen LogP contribution in [0, 0.1) is 10.1 Å². The maximum absolute atomic E-state index is 12.2. The van der Waals surface area contributed by atoms with Crippen molar-refractivity contribution in [2.24, 2.45) is 0 Å². The van der Waals surface area contributed by atoms with Gasteiger partial charge in [-0.25, -0.2) is 4.68 Å². The van der Waals surface area contributed by atoms with Gasteiger partial charge in [-0.05, 0) is 36.4 Å². The van der Waals surface area contributed by atoms with Crippen molar-refractivity contribution in [3.05, 3.63) is 86.2 Å². The van der Waals surface area contributed by atoms with E-state index in [1.807, 2.05) is 0 Å². The number of halogens is 1. The molecule has 0 saturated carbocycles. The molecule has 0 aliphatic rings. The summed E-state index contributed by atoms with van der Waals surface area (Å²) in [5, 5.41) is 18.0. The van der Waals surface area contributed by atoms with Gasteiger partial charge in [0, 0.05) is 34.5 Å². The Balaban J connectivity index is 1.79. The first-order valence-electron chi connectivity index (χ1n) is 7.81. The van der Waals surface area contributed by atoms with Crippen molar-refractivity contribution in [1.29, 1.82) is 0 Å². The number of nitro benzene ring substituents is 1. The van der Waals surface area contributed by atoms with Crippen LogP contribution in [-0.4, -0.2) is 20.6 Å². The molecule has 0 spiro atoms. The molecule has 1 heterocycles. The highest BCUT2D eigenvalue weighted by molar-refractivity contribution is 6.30. The number of rotatable bonds is 5. The van der Waals surface area contributed by atoms with Gasteiger partial charge in [0.05, 0.1) is 10.6 Å². The summed E-state index contributed by atoms with van der Waals surface area (Å²) in [6, 6.07) is 15.2. The lowest BCUT2D eigenvalue weighted by molar-refractivity contribution is -0.384. The molecule has 8 nitrogen and oxygen atoms in total. The number of hydrogen-bond donors (Lipinski definition) is 1. The minimum absolute atomic E-state index is 0.0482. The van der Waals surface area contributed by atoms with Gasteiger partial charge < -0.3 is 5.32 Å². The topological polar surface area (TPSA) is 107 Å². The number of non-ortho nitro benzene ring substituents is 1. The summed E-state index contributed by atoms with van der Waals surface area (Å²) in [5.41, 5.74) is 1.02. The fraction of sp³-hybridized carbons (Fsp3) is 0.0556. The minimum Gasteiger partial charge on any atom is -0.324 e. The standard InChI is InChI=1S/C18H13ClN4O4/c19-13-2-1-3-14(10-13)20-17(24)11-22-18(25)9-8-16(21-22)12-4-6-15(7-5-12)23(26)27/h1-10H,11H2,(H,20,24). The molecule has 136 valence electrons. The Hall–Kier alpha value is -3.52. The molecule has 0 aliphatic heterocycles. The lowest BCUT2D eigenvalue weighted by atomic mass is 10.1. The molecule has 0 bridgehead atoms. The number of nitrogens with one attached hydrogen (secondary N) is 1. The minimum atomic E-state index is -0.502. The van der Waals surface area contributed by atoms with Crippen molar-refractivity contribution >= 4 is 28.9 Å². The number of carbonyl (C=O) groups is 1. The number of amides is 1. The average molecular weight is 385 g/mol. The molecule has 1 amide bonds. The number of hydrogen-bond acceptors (Lipinski definition) is 5. The molecule has 0 aliphatic carbocycles. The fourth-order valence-electron chi connectivity index (χ4n) is 2.37. The highest BCUT2D eigenvalue weighted by Gasteiger charge is 2.10. The third-order valence-corrected chi connectivity index (χ3v) is 3.88. The van der Waals surface area contributed by atoms with Crippen molar-refractivity contribution < 1.29 is 9.72 Å². The van der Waals surface area contributed by atoms with Gasteiger partial charge in [-0.15, -0.1) is 0 Å². The Bertz CT molecular complexity index is 1060. The lowest BCUT2D eigenvalue weighted by Crippen LogP contribution is -2.29. The van der Waals surface area contributed by atoms with E-state index in [9.17, 15) is 19.7 Å². The molecule has 0 fully saturated rings. The maximum Gasteiger partial charge on any atom is 0.269 e. The Kier molecular flexibility index (Phi) is 5.28. The normalized spacial score (nSPS) is 10.4. The monoisotopic (exact) mass is 384 g/mol. The van der Waals surface area contributed by atoms with Crippen LogP contribution in [0.2, 0.25) is 5.02 Å². The van der Waals surface area contributed by atoms with Crippen LogP contribution in [0.4, 0.5) is 11.4 Å². The molecular weight excluding hydrogens is 372 g/mol. The molecule has 0 unspecified atom stereocenters. The summed E-state index contributed by atoms with van der Waals surface area (Å²) >= 11 is 5.87. The summed E-state index contributed by atoms with van der Waals surface area (Å²) in [7, 11) is 0. The predicted molar refractivity (Wildman–Crippen MR) is 101 cm³/mol. The summed E-state index contributed by atoms with van der Waals surface area (Å²) in [6.07, 6.45) is 0. The molecule has 3 aromatic rings. The zero-order valence-corrected chi connectivity index (χ0v) is 14.6. The Morgan fingerprint density at radius 2 is 1.89 bits per heavy atom. The quantitative estimate of drug-likeness (QED) is 0.537. The van der Waals surface area contributed by atoms with Crippen LogP contribution in [0.25, 0.3) is 11.3 Å². The van der Waals surface area contributed by atoms with Crippen molar-refractivity contribution in [1.82, 2.24) is 9.78 Å². The van der Waals surface area contributed by atoms with E-state index in [4.69, 9.17) is 11.6 Å². The zero-order valence-electron chi connectivity index (χ0n) is 13.8.